The predicted molar refractivity (Wildman–Crippen MR) is 114 cm³/mol. The number of carbonyl (C=O) groups excluding carboxylic acids is 2. The summed E-state index contributed by atoms with van der Waals surface area (Å²) in [6, 6.07) is 3.78. The number of carbonyl (C=O) groups is 2. The van der Waals surface area contributed by atoms with E-state index < -0.39 is 41.5 Å². The van der Waals surface area contributed by atoms with E-state index in [0.717, 1.165) is 18.1 Å². The Bertz CT molecular complexity index is 978. The van der Waals surface area contributed by atoms with Crippen molar-refractivity contribution in [1.29, 1.82) is 0 Å². The maximum absolute atomic E-state index is 13.6. The maximum Gasteiger partial charge on any atom is 0.458 e. The molecule has 0 saturated heterocycles. The van der Waals surface area contributed by atoms with Gasteiger partial charge >= 0.3 is 12.1 Å². The van der Waals surface area contributed by atoms with Gasteiger partial charge in [0.2, 0.25) is 5.91 Å². The lowest BCUT2D eigenvalue weighted by atomic mass is 10.00. The summed E-state index contributed by atoms with van der Waals surface area (Å²) in [5, 5.41) is 4.13. The van der Waals surface area contributed by atoms with Gasteiger partial charge < -0.3 is 15.2 Å². The maximum atomic E-state index is 13.6. The van der Waals surface area contributed by atoms with Gasteiger partial charge in [0.15, 0.2) is 0 Å². The van der Waals surface area contributed by atoms with Crippen molar-refractivity contribution < 1.29 is 35.7 Å². The Kier molecular flexibility index (Phi) is 8.29. The molecule has 2 amide bonds. The van der Waals surface area contributed by atoms with Gasteiger partial charge in [0.05, 0.1) is 11.5 Å². The molecule has 0 spiro atoms. The van der Waals surface area contributed by atoms with Gasteiger partial charge in [0.25, 0.3) is 5.91 Å². The topological polar surface area (TPSA) is 81.4 Å². The lowest BCUT2D eigenvalue weighted by molar-refractivity contribution is -0.289. The number of hydrogen-bond donors (Lipinski definition) is 2. The molecule has 5 nitrogen and oxygen atoms in total. The third-order valence-electron chi connectivity index (χ3n) is 4.58. The predicted octanol–water partition coefficient (Wildman–Crippen LogP) is 5.81. The fourth-order valence-corrected chi connectivity index (χ4v) is 4.36. The fourth-order valence-electron chi connectivity index (χ4n) is 2.73. The second-order valence-corrected chi connectivity index (χ2v) is 8.82. The number of nitrogens with two attached hydrogens (primary N) is 1. The van der Waals surface area contributed by atoms with Crippen LogP contribution in [0.2, 0.25) is 0 Å². The Balaban J connectivity index is 2.31. The monoisotopic (exact) mass is 496 g/mol. The summed E-state index contributed by atoms with van der Waals surface area (Å²) in [6.07, 6.45) is -6.54. The van der Waals surface area contributed by atoms with Crippen LogP contribution < -0.4 is 11.1 Å². The molecule has 0 aliphatic rings. The van der Waals surface area contributed by atoms with Gasteiger partial charge in [-0.1, -0.05) is 19.9 Å². The van der Waals surface area contributed by atoms with Crippen molar-refractivity contribution in [3.8, 4) is 0 Å². The van der Waals surface area contributed by atoms with Crippen molar-refractivity contribution >= 4 is 40.9 Å². The van der Waals surface area contributed by atoms with Crippen LogP contribution in [0.4, 0.5) is 27.6 Å². The number of halogens is 5. The van der Waals surface area contributed by atoms with Crippen molar-refractivity contribution in [1.82, 2.24) is 0 Å². The number of rotatable bonds is 9. The van der Waals surface area contributed by atoms with Gasteiger partial charge in [-0.25, -0.2) is 0 Å². The molecule has 12 heteroatoms. The smallest absolute Gasteiger partial charge is 0.369 e. The Labute approximate surface area is 189 Å². The summed E-state index contributed by atoms with van der Waals surface area (Å²) in [5.74, 6) is -6.43. The zero-order valence-corrected chi connectivity index (χ0v) is 18.9. The Hall–Kier alpha value is -2.18. The van der Waals surface area contributed by atoms with Crippen LogP contribution >= 0.6 is 23.4 Å². The summed E-state index contributed by atoms with van der Waals surface area (Å²) in [4.78, 5) is 25.0. The van der Waals surface area contributed by atoms with E-state index in [2.05, 4.69) is 5.32 Å². The molecule has 1 aromatic carbocycles. The van der Waals surface area contributed by atoms with E-state index in [1.54, 1.807) is 12.3 Å². The SMILES string of the molecule is CCSOC(c1sccc1C(=O)Nc1ccc(C(F)(F)C(F)(F)F)cc1C)C(C)C(N)=O. The highest BCUT2D eigenvalue weighted by atomic mass is 32.2. The van der Waals surface area contributed by atoms with Crippen LogP contribution in [-0.2, 0) is 14.9 Å². The zero-order valence-electron chi connectivity index (χ0n) is 17.3. The molecule has 2 rings (SSSR count). The number of amides is 2. The number of alkyl halides is 5. The van der Waals surface area contributed by atoms with Crippen molar-refractivity contribution in [2.75, 3.05) is 11.1 Å². The number of thiophene rings is 1. The molecule has 2 atom stereocenters. The second-order valence-electron chi connectivity index (χ2n) is 6.87. The number of benzene rings is 1. The van der Waals surface area contributed by atoms with E-state index in [-0.39, 0.29) is 16.8 Å². The molecule has 0 saturated carbocycles. The first kappa shape index (κ1) is 26.1. The highest BCUT2D eigenvalue weighted by Crippen LogP contribution is 2.44. The molecule has 32 heavy (non-hydrogen) atoms. The minimum atomic E-state index is -5.74. The van der Waals surface area contributed by atoms with E-state index in [4.69, 9.17) is 9.92 Å². The summed E-state index contributed by atoms with van der Waals surface area (Å²) in [7, 11) is 0. The average molecular weight is 497 g/mol. The molecule has 176 valence electrons. The van der Waals surface area contributed by atoms with Crippen LogP contribution in [0.25, 0.3) is 0 Å². The van der Waals surface area contributed by atoms with E-state index in [9.17, 15) is 31.5 Å². The van der Waals surface area contributed by atoms with Gasteiger partial charge in [0.1, 0.15) is 6.10 Å². The molecule has 0 aliphatic heterocycles. The third kappa shape index (κ3) is 5.59. The number of hydrogen-bond acceptors (Lipinski definition) is 5. The number of nitrogens with one attached hydrogen (secondary N) is 1. The number of anilines is 1. The van der Waals surface area contributed by atoms with Gasteiger partial charge in [-0.05, 0) is 48.1 Å². The summed E-state index contributed by atoms with van der Waals surface area (Å²) in [5.41, 5.74) is 4.44. The molecule has 0 bridgehead atoms. The average Bonchev–Trinajstić information content (AvgIpc) is 3.18. The van der Waals surface area contributed by atoms with Crippen molar-refractivity contribution in [2.45, 2.75) is 39.0 Å². The molecule has 0 fully saturated rings. The lowest BCUT2D eigenvalue weighted by Gasteiger charge is -2.22. The minimum Gasteiger partial charge on any atom is -0.369 e. The van der Waals surface area contributed by atoms with Crippen LogP contribution in [0.3, 0.4) is 0 Å². The van der Waals surface area contributed by atoms with Crippen LogP contribution in [0.15, 0.2) is 29.6 Å². The summed E-state index contributed by atoms with van der Waals surface area (Å²) >= 11 is 2.27. The molecule has 1 aromatic heterocycles. The van der Waals surface area contributed by atoms with E-state index in [1.807, 2.05) is 6.92 Å². The minimum absolute atomic E-state index is 0.0244. The van der Waals surface area contributed by atoms with Crippen LogP contribution in [0.5, 0.6) is 0 Å². The van der Waals surface area contributed by atoms with Crippen molar-refractivity contribution in [2.24, 2.45) is 11.7 Å². The molecule has 2 unspecified atom stereocenters. The first-order chi connectivity index (χ1) is 14.8. The van der Waals surface area contributed by atoms with Gasteiger partial charge in [-0.15, -0.1) is 11.3 Å². The first-order valence-electron chi connectivity index (χ1n) is 9.33. The molecule has 0 radical (unpaired) electrons. The second kappa shape index (κ2) is 10.2. The third-order valence-corrected chi connectivity index (χ3v) is 6.14. The number of primary amides is 1. The normalized spacial score (nSPS) is 14.1. The molecule has 2 aromatic rings. The van der Waals surface area contributed by atoms with Crippen LogP contribution in [-0.4, -0.2) is 23.7 Å². The Morgan fingerprint density at radius 3 is 2.41 bits per heavy atom. The Morgan fingerprint density at radius 2 is 1.88 bits per heavy atom. The van der Waals surface area contributed by atoms with Gasteiger partial charge in [-0.3, -0.25) is 9.59 Å². The molecule has 0 aliphatic carbocycles. The molecule has 1 heterocycles. The van der Waals surface area contributed by atoms with Gasteiger partial charge in [-0.2, -0.15) is 22.0 Å². The van der Waals surface area contributed by atoms with E-state index in [0.29, 0.717) is 22.8 Å². The van der Waals surface area contributed by atoms with E-state index >= 15 is 0 Å². The Morgan fingerprint density at radius 1 is 1.22 bits per heavy atom. The van der Waals surface area contributed by atoms with Crippen LogP contribution in [0.1, 0.15) is 46.3 Å². The lowest BCUT2D eigenvalue weighted by Crippen LogP contribution is -2.33. The molecule has 3 N–H and O–H groups in total. The number of aryl methyl sites for hydroxylation is 1. The van der Waals surface area contributed by atoms with Crippen molar-refractivity contribution in [3.05, 3.63) is 51.2 Å². The summed E-state index contributed by atoms with van der Waals surface area (Å²) < 4.78 is 70.7. The highest BCUT2D eigenvalue weighted by molar-refractivity contribution is 7.94. The van der Waals surface area contributed by atoms with Crippen molar-refractivity contribution in [3.63, 3.8) is 0 Å². The quantitative estimate of drug-likeness (QED) is 0.339. The van der Waals surface area contributed by atoms with Gasteiger partial charge in [0, 0.05) is 21.9 Å². The largest absolute Gasteiger partial charge is 0.458 e. The summed E-state index contributed by atoms with van der Waals surface area (Å²) in [6.45, 7) is 4.71. The standard InChI is InChI=1S/C20H21F5N2O3S2/c1-4-32-30-15(11(3)17(26)28)16-13(7-8-31-16)18(29)27-14-6-5-12(9-10(14)2)19(21,22)20(23,24)25/h5-9,11,15H,4H2,1-3H3,(H2,26,28)(H,27,29). The van der Waals surface area contributed by atoms with E-state index in [1.165, 1.54) is 24.3 Å². The zero-order chi connectivity index (χ0) is 24.3. The van der Waals surface area contributed by atoms with Crippen LogP contribution in [0, 0.1) is 12.8 Å². The highest BCUT2D eigenvalue weighted by Gasteiger charge is 2.58. The molecular weight excluding hydrogens is 475 g/mol. The first-order valence-corrected chi connectivity index (χ1v) is 11.1. The molecular formula is C20H21F5N2O3S2. The fraction of sp³-hybridized carbons (Fsp3) is 0.400.